The van der Waals surface area contributed by atoms with Gasteiger partial charge < -0.3 is 34.6 Å². The molecule has 186 valence electrons. The number of guanidine groups is 1. The van der Waals surface area contributed by atoms with Crippen LogP contribution in [0.15, 0.2) is 23.2 Å². The summed E-state index contributed by atoms with van der Waals surface area (Å²) in [5.41, 5.74) is 2.20. The van der Waals surface area contributed by atoms with Crippen LogP contribution in [-0.2, 0) is 15.9 Å². The number of H-pyrrole nitrogens is 1. The Kier molecular flexibility index (Phi) is 12.7. The van der Waals surface area contributed by atoms with Gasteiger partial charge in [-0.1, -0.05) is 0 Å². The average molecular weight is 575 g/mol. The minimum Gasteiger partial charge on any atom is -0.497 e. The highest BCUT2D eigenvalue weighted by Crippen LogP contribution is 2.31. The fourth-order valence-corrected chi connectivity index (χ4v) is 3.81. The average Bonchev–Trinajstić information content (AvgIpc) is 3.47. The molecule has 0 bridgehead atoms. The van der Waals surface area contributed by atoms with Crippen LogP contribution in [0.5, 0.6) is 11.5 Å². The maximum absolute atomic E-state index is 5.76. The Morgan fingerprint density at radius 3 is 2.79 bits per heavy atom. The number of nitrogens with one attached hydrogen (secondary N) is 3. The quantitative estimate of drug-likeness (QED) is 0.146. The molecule has 0 aliphatic carbocycles. The second kappa shape index (κ2) is 15.2. The lowest BCUT2D eigenvalue weighted by molar-refractivity contribution is 0.0888. The van der Waals surface area contributed by atoms with Crippen LogP contribution in [0.3, 0.4) is 0 Å². The Morgan fingerprint density at radius 2 is 2.06 bits per heavy atom. The molecule has 1 unspecified atom stereocenters. The van der Waals surface area contributed by atoms with Crippen molar-refractivity contribution in [1.82, 2.24) is 15.6 Å². The van der Waals surface area contributed by atoms with Gasteiger partial charge in [-0.2, -0.15) is 0 Å². The normalized spacial score (nSPS) is 16.0. The second-order valence-electron chi connectivity index (χ2n) is 8.03. The predicted octanol–water partition coefficient (Wildman–Crippen LogP) is 3.73. The van der Waals surface area contributed by atoms with Crippen molar-refractivity contribution in [1.29, 1.82) is 0 Å². The zero-order chi connectivity index (χ0) is 22.6. The molecule has 1 aliphatic heterocycles. The highest BCUT2D eigenvalue weighted by Gasteiger charge is 2.15. The third-order valence-electron chi connectivity index (χ3n) is 5.54. The summed E-state index contributed by atoms with van der Waals surface area (Å²) in [5, 5.41) is 7.78. The van der Waals surface area contributed by atoms with Crippen LogP contribution >= 0.6 is 24.0 Å². The molecule has 1 atom stereocenters. The van der Waals surface area contributed by atoms with Gasteiger partial charge >= 0.3 is 0 Å². The van der Waals surface area contributed by atoms with E-state index in [1.807, 2.05) is 12.1 Å². The molecule has 3 rings (SSSR count). The van der Waals surface area contributed by atoms with Gasteiger partial charge in [0.25, 0.3) is 0 Å². The van der Waals surface area contributed by atoms with Gasteiger partial charge in [0, 0.05) is 62.0 Å². The van der Waals surface area contributed by atoms with Gasteiger partial charge in [-0.15, -0.1) is 24.0 Å². The predicted molar refractivity (Wildman–Crippen MR) is 143 cm³/mol. The maximum atomic E-state index is 5.76. The van der Waals surface area contributed by atoms with E-state index in [9.17, 15) is 0 Å². The zero-order valence-electron chi connectivity index (χ0n) is 20.1. The molecular formula is C24H39IN4O4. The van der Waals surface area contributed by atoms with Crippen molar-refractivity contribution in [2.24, 2.45) is 10.9 Å². The smallest absolute Gasteiger partial charge is 0.191 e. The topological polar surface area (TPSA) is 89.1 Å². The third kappa shape index (κ3) is 8.86. The molecule has 1 aliphatic rings. The van der Waals surface area contributed by atoms with Crippen molar-refractivity contribution in [3.63, 3.8) is 0 Å². The van der Waals surface area contributed by atoms with Gasteiger partial charge in [-0.25, -0.2) is 0 Å². The zero-order valence-corrected chi connectivity index (χ0v) is 22.4. The summed E-state index contributed by atoms with van der Waals surface area (Å²) in [6, 6.07) is 6.06. The molecule has 2 heterocycles. The highest BCUT2D eigenvalue weighted by atomic mass is 127. The van der Waals surface area contributed by atoms with Crippen molar-refractivity contribution in [2.45, 2.75) is 32.6 Å². The molecule has 0 saturated carbocycles. The molecule has 0 spiro atoms. The summed E-state index contributed by atoms with van der Waals surface area (Å²) in [6.07, 6.45) is 3.95. The van der Waals surface area contributed by atoms with Crippen LogP contribution in [0.25, 0.3) is 10.9 Å². The molecule has 0 radical (unpaired) electrons. The van der Waals surface area contributed by atoms with Crippen LogP contribution in [0.1, 0.15) is 31.9 Å². The fraction of sp³-hybridized carbons (Fsp3) is 0.625. The van der Waals surface area contributed by atoms with E-state index in [0.717, 1.165) is 100 Å². The van der Waals surface area contributed by atoms with E-state index in [-0.39, 0.29) is 24.0 Å². The molecule has 8 nitrogen and oxygen atoms in total. The van der Waals surface area contributed by atoms with Crippen molar-refractivity contribution < 1.29 is 18.9 Å². The Morgan fingerprint density at radius 1 is 1.18 bits per heavy atom. The van der Waals surface area contributed by atoms with Gasteiger partial charge in [-0.3, -0.25) is 4.99 Å². The van der Waals surface area contributed by atoms with Crippen LogP contribution in [0, 0.1) is 5.92 Å². The monoisotopic (exact) mass is 574 g/mol. The van der Waals surface area contributed by atoms with Gasteiger partial charge in [-0.05, 0) is 38.7 Å². The number of aryl methyl sites for hydroxylation is 1. The number of hydrogen-bond acceptors (Lipinski definition) is 5. The van der Waals surface area contributed by atoms with E-state index in [2.05, 4.69) is 28.6 Å². The van der Waals surface area contributed by atoms with Gasteiger partial charge in [0.1, 0.15) is 11.5 Å². The van der Waals surface area contributed by atoms with Crippen molar-refractivity contribution in [2.75, 3.05) is 60.3 Å². The first-order valence-corrected chi connectivity index (χ1v) is 11.6. The summed E-state index contributed by atoms with van der Waals surface area (Å²) in [6.45, 7) is 7.80. The van der Waals surface area contributed by atoms with E-state index >= 15 is 0 Å². The van der Waals surface area contributed by atoms with Gasteiger partial charge in [0.05, 0.1) is 33.0 Å². The number of aliphatic imine (C=N–C) groups is 1. The van der Waals surface area contributed by atoms with Crippen LogP contribution in [-0.4, -0.2) is 71.2 Å². The molecule has 9 heteroatoms. The van der Waals surface area contributed by atoms with E-state index in [1.54, 1.807) is 14.2 Å². The SMILES string of the molecule is CCNC(=NCCCc1cc2c(OC)cc(OC)cc2[nH]1)NCCCOCC1CCOC1.I. The molecule has 33 heavy (non-hydrogen) atoms. The highest BCUT2D eigenvalue weighted by molar-refractivity contribution is 14.0. The largest absolute Gasteiger partial charge is 0.497 e. The summed E-state index contributed by atoms with van der Waals surface area (Å²) >= 11 is 0. The number of ether oxygens (including phenoxy) is 4. The first-order valence-electron chi connectivity index (χ1n) is 11.6. The van der Waals surface area contributed by atoms with E-state index in [0.29, 0.717) is 5.92 Å². The van der Waals surface area contributed by atoms with E-state index in [1.165, 1.54) is 5.69 Å². The van der Waals surface area contributed by atoms with Gasteiger partial charge in [0.2, 0.25) is 0 Å². The Balaban J connectivity index is 0.00000385. The minimum absolute atomic E-state index is 0. The number of halogens is 1. The first-order chi connectivity index (χ1) is 15.7. The van der Waals surface area contributed by atoms with Crippen molar-refractivity contribution >= 4 is 40.8 Å². The molecule has 1 aromatic carbocycles. The van der Waals surface area contributed by atoms with Crippen molar-refractivity contribution in [3.8, 4) is 11.5 Å². The lowest BCUT2D eigenvalue weighted by Gasteiger charge is -2.12. The number of fused-ring (bicyclic) bond motifs is 1. The maximum Gasteiger partial charge on any atom is 0.191 e. The Bertz CT molecular complexity index is 852. The Labute approximate surface area is 214 Å². The molecule has 1 saturated heterocycles. The number of rotatable bonds is 13. The lowest BCUT2D eigenvalue weighted by atomic mass is 10.1. The summed E-state index contributed by atoms with van der Waals surface area (Å²) in [7, 11) is 3.35. The molecule has 2 aromatic rings. The first kappa shape index (κ1) is 27.5. The molecule has 1 fully saturated rings. The standard InChI is InChI=1S/C24H38N4O4.HI/c1-4-25-24(27-10-6-11-31-16-18-8-12-32-17-18)26-9-5-7-19-13-21-22(28-19)14-20(29-2)15-23(21)30-3;/h13-15,18,28H,4-12,16-17H2,1-3H3,(H2,25,26,27);1H. The molecule has 3 N–H and O–H groups in total. The number of aromatic amines is 1. The molecule has 0 amide bonds. The van der Waals surface area contributed by atoms with Crippen LogP contribution < -0.4 is 20.1 Å². The molecular weight excluding hydrogens is 535 g/mol. The number of aromatic nitrogens is 1. The van der Waals surface area contributed by atoms with Crippen molar-refractivity contribution in [3.05, 3.63) is 23.9 Å². The number of methoxy groups -OCH3 is 2. The Hall–Kier alpha value is -1.72. The lowest BCUT2D eigenvalue weighted by Crippen LogP contribution is -2.38. The summed E-state index contributed by atoms with van der Waals surface area (Å²) in [5.74, 6) is 3.03. The summed E-state index contributed by atoms with van der Waals surface area (Å²) in [4.78, 5) is 8.17. The summed E-state index contributed by atoms with van der Waals surface area (Å²) < 4.78 is 22.0. The number of nitrogens with zero attached hydrogens (tertiary/aromatic N) is 1. The molecule has 1 aromatic heterocycles. The number of hydrogen-bond donors (Lipinski definition) is 3. The fourth-order valence-electron chi connectivity index (χ4n) is 3.81. The van der Waals surface area contributed by atoms with Gasteiger partial charge in [0.15, 0.2) is 5.96 Å². The van der Waals surface area contributed by atoms with Crippen LogP contribution in [0.4, 0.5) is 0 Å². The third-order valence-corrected chi connectivity index (χ3v) is 5.54. The number of benzene rings is 1. The van der Waals surface area contributed by atoms with E-state index < -0.39 is 0 Å². The van der Waals surface area contributed by atoms with E-state index in [4.69, 9.17) is 23.9 Å². The minimum atomic E-state index is 0. The van der Waals surface area contributed by atoms with Crippen LogP contribution in [0.2, 0.25) is 0 Å². The second-order valence-corrected chi connectivity index (χ2v) is 8.03.